The summed E-state index contributed by atoms with van der Waals surface area (Å²) in [5, 5.41) is 6.47. The Labute approximate surface area is 128 Å². The van der Waals surface area contributed by atoms with Crippen LogP contribution in [0.1, 0.15) is 32.1 Å². The van der Waals surface area contributed by atoms with Crippen LogP contribution in [0, 0.1) is 0 Å². The summed E-state index contributed by atoms with van der Waals surface area (Å²) in [5.41, 5.74) is 0. The van der Waals surface area contributed by atoms with Crippen LogP contribution in [0.25, 0.3) is 10.2 Å². The fourth-order valence-electron chi connectivity index (χ4n) is 2.68. The van der Waals surface area contributed by atoms with Gasteiger partial charge in [0.25, 0.3) is 0 Å². The van der Waals surface area contributed by atoms with Crippen LogP contribution in [-0.2, 0) is 4.79 Å². The predicted molar refractivity (Wildman–Crippen MR) is 85.6 cm³/mol. The second kappa shape index (κ2) is 6.85. The van der Waals surface area contributed by atoms with Gasteiger partial charge in [0, 0.05) is 26.1 Å². The summed E-state index contributed by atoms with van der Waals surface area (Å²) in [7, 11) is 0. The largest absolute Gasteiger partial charge is 0.369 e. The summed E-state index contributed by atoms with van der Waals surface area (Å²) in [5.74, 6) is 1.21. The zero-order valence-electron chi connectivity index (χ0n) is 12.0. The molecule has 112 valence electrons. The Hall–Kier alpha value is -1.69. The maximum atomic E-state index is 11.9. The van der Waals surface area contributed by atoms with Crippen molar-refractivity contribution in [2.75, 3.05) is 25.0 Å². The first-order valence-corrected chi connectivity index (χ1v) is 8.42. The van der Waals surface area contributed by atoms with Crippen molar-refractivity contribution in [2.24, 2.45) is 0 Å². The SMILES string of the molecule is O=C1CCCCCN1CCCNc1ncnc2sccc12. The van der Waals surface area contributed by atoms with Gasteiger partial charge in [0.2, 0.25) is 5.91 Å². The Morgan fingerprint density at radius 1 is 1.29 bits per heavy atom. The van der Waals surface area contributed by atoms with Gasteiger partial charge in [0.1, 0.15) is 17.0 Å². The number of hydrogen-bond donors (Lipinski definition) is 1. The fraction of sp³-hybridized carbons (Fsp3) is 0.533. The highest BCUT2D eigenvalue weighted by Crippen LogP contribution is 2.23. The molecule has 0 aliphatic carbocycles. The Balaban J connectivity index is 1.50. The minimum atomic E-state index is 0.315. The van der Waals surface area contributed by atoms with E-state index in [4.69, 9.17) is 0 Å². The van der Waals surface area contributed by atoms with Crippen LogP contribution in [0.4, 0.5) is 5.82 Å². The molecule has 1 aliphatic rings. The average molecular weight is 304 g/mol. The van der Waals surface area contributed by atoms with E-state index < -0.39 is 0 Å². The average Bonchev–Trinajstić information content (AvgIpc) is 2.89. The summed E-state index contributed by atoms with van der Waals surface area (Å²) in [6.45, 7) is 2.58. The second-order valence-electron chi connectivity index (χ2n) is 5.33. The summed E-state index contributed by atoms with van der Waals surface area (Å²) in [6, 6.07) is 2.04. The molecule has 0 bridgehead atoms. The molecule has 1 amide bonds. The van der Waals surface area contributed by atoms with Crippen molar-refractivity contribution in [2.45, 2.75) is 32.1 Å². The molecule has 0 saturated carbocycles. The number of nitrogens with zero attached hydrogens (tertiary/aromatic N) is 3. The van der Waals surface area contributed by atoms with Crippen molar-refractivity contribution in [1.29, 1.82) is 0 Å². The first kappa shape index (κ1) is 14.3. The van der Waals surface area contributed by atoms with Crippen LogP contribution in [0.3, 0.4) is 0 Å². The normalized spacial score (nSPS) is 16.2. The number of amides is 1. The van der Waals surface area contributed by atoms with E-state index in [1.807, 2.05) is 16.3 Å². The van der Waals surface area contributed by atoms with E-state index in [2.05, 4.69) is 15.3 Å². The third-order valence-corrected chi connectivity index (χ3v) is 4.65. The lowest BCUT2D eigenvalue weighted by Crippen LogP contribution is -2.32. The van der Waals surface area contributed by atoms with Gasteiger partial charge in [-0.15, -0.1) is 11.3 Å². The molecule has 0 aromatic carbocycles. The number of anilines is 1. The standard InChI is InChI=1S/C15H20N4OS/c20-13-5-2-1-3-8-19(13)9-4-7-16-14-12-6-10-21-15(12)18-11-17-14/h6,10-11H,1-5,7-9H2,(H,16,17,18). The van der Waals surface area contributed by atoms with E-state index in [9.17, 15) is 4.79 Å². The summed E-state index contributed by atoms with van der Waals surface area (Å²) in [4.78, 5) is 23.5. The minimum absolute atomic E-state index is 0.315. The van der Waals surface area contributed by atoms with Crippen molar-refractivity contribution in [3.63, 3.8) is 0 Å². The molecule has 1 fully saturated rings. The summed E-state index contributed by atoms with van der Waals surface area (Å²) >= 11 is 1.62. The highest BCUT2D eigenvalue weighted by atomic mass is 32.1. The molecule has 21 heavy (non-hydrogen) atoms. The van der Waals surface area contributed by atoms with Gasteiger partial charge in [0.05, 0.1) is 5.39 Å². The van der Waals surface area contributed by atoms with Gasteiger partial charge in [0.15, 0.2) is 0 Å². The molecule has 0 unspecified atom stereocenters. The molecular formula is C15H20N4OS. The maximum Gasteiger partial charge on any atom is 0.222 e. The van der Waals surface area contributed by atoms with Crippen molar-refractivity contribution < 1.29 is 4.79 Å². The molecule has 0 spiro atoms. The molecule has 1 saturated heterocycles. The number of rotatable bonds is 5. The number of hydrogen-bond acceptors (Lipinski definition) is 5. The lowest BCUT2D eigenvalue weighted by molar-refractivity contribution is -0.130. The highest BCUT2D eigenvalue weighted by molar-refractivity contribution is 7.16. The lowest BCUT2D eigenvalue weighted by Gasteiger charge is -2.20. The van der Waals surface area contributed by atoms with E-state index in [1.54, 1.807) is 17.7 Å². The molecule has 1 N–H and O–H groups in total. The smallest absolute Gasteiger partial charge is 0.222 e. The van der Waals surface area contributed by atoms with E-state index in [-0.39, 0.29) is 0 Å². The summed E-state index contributed by atoms with van der Waals surface area (Å²) < 4.78 is 0. The van der Waals surface area contributed by atoms with Crippen LogP contribution < -0.4 is 5.32 Å². The lowest BCUT2D eigenvalue weighted by atomic mass is 10.2. The third kappa shape index (κ3) is 3.50. The Morgan fingerprint density at radius 2 is 2.24 bits per heavy atom. The van der Waals surface area contributed by atoms with Crippen LogP contribution in [0.5, 0.6) is 0 Å². The maximum absolute atomic E-state index is 11.9. The Morgan fingerprint density at radius 3 is 3.19 bits per heavy atom. The van der Waals surface area contributed by atoms with Crippen LogP contribution in [0.15, 0.2) is 17.8 Å². The second-order valence-corrected chi connectivity index (χ2v) is 6.23. The number of nitrogens with one attached hydrogen (secondary N) is 1. The Bertz CT molecular complexity index is 612. The molecule has 2 aromatic rings. The monoisotopic (exact) mass is 304 g/mol. The van der Waals surface area contributed by atoms with E-state index in [0.29, 0.717) is 5.91 Å². The van der Waals surface area contributed by atoms with Crippen molar-refractivity contribution in [1.82, 2.24) is 14.9 Å². The van der Waals surface area contributed by atoms with Crippen molar-refractivity contribution >= 4 is 33.3 Å². The van der Waals surface area contributed by atoms with E-state index in [0.717, 1.165) is 61.4 Å². The van der Waals surface area contributed by atoms with Gasteiger partial charge in [-0.2, -0.15) is 0 Å². The van der Waals surface area contributed by atoms with Crippen molar-refractivity contribution in [3.8, 4) is 0 Å². The number of carbonyl (C=O) groups is 1. The first-order chi connectivity index (χ1) is 10.3. The topological polar surface area (TPSA) is 58.1 Å². The fourth-order valence-corrected chi connectivity index (χ4v) is 3.42. The molecular weight excluding hydrogens is 284 g/mol. The Kier molecular flexibility index (Phi) is 4.65. The van der Waals surface area contributed by atoms with E-state index >= 15 is 0 Å². The number of carbonyl (C=O) groups excluding carboxylic acids is 1. The number of aromatic nitrogens is 2. The van der Waals surface area contributed by atoms with Gasteiger partial charge < -0.3 is 10.2 Å². The van der Waals surface area contributed by atoms with Crippen LogP contribution >= 0.6 is 11.3 Å². The quantitative estimate of drug-likeness (QED) is 0.863. The molecule has 0 radical (unpaired) electrons. The molecule has 2 aromatic heterocycles. The van der Waals surface area contributed by atoms with Gasteiger partial charge in [-0.3, -0.25) is 4.79 Å². The third-order valence-electron chi connectivity index (χ3n) is 3.83. The predicted octanol–water partition coefficient (Wildman–Crippen LogP) is 2.90. The number of likely N-dealkylation sites (tertiary alicyclic amines) is 1. The first-order valence-electron chi connectivity index (χ1n) is 7.54. The van der Waals surface area contributed by atoms with Gasteiger partial charge in [-0.25, -0.2) is 9.97 Å². The number of fused-ring (bicyclic) bond motifs is 1. The van der Waals surface area contributed by atoms with Gasteiger partial charge in [-0.1, -0.05) is 6.42 Å². The van der Waals surface area contributed by atoms with Gasteiger partial charge >= 0.3 is 0 Å². The molecule has 3 rings (SSSR count). The van der Waals surface area contributed by atoms with E-state index in [1.165, 1.54) is 6.42 Å². The molecule has 0 atom stereocenters. The zero-order valence-corrected chi connectivity index (χ0v) is 12.9. The van der Waals surface area contributed by atoms with Crippen molar-refractivity contribution in [3.05, 3.63) is 17.8 Å². The molecule has 1 aliphatic heterocycles. The number of thiophene rings is 1. The van der Waals surface area contributed by atoms with Crippen LogP contribution in [0.2, 0.25) is 0 Å². The molecule has 6 heteroatoms. The summed E-state index contributed by atoms with van der Waals surface area (Å²) in [6.07, 6.45) is 6.62. The highest BCUT2D eigenvalue weighted by Gasteiger charge is 2.15. The minimum Gasteiger partial charge on any atom is -0.369 e. The van der Waals surface area contributed by atoms with Crippen LogP contribution in [-0.4, -0.2) is 40.4 Å². The zero-order chi connectivity index (χ0) is 14.5. The molecule has 3 heterocycles. The van der Waals surface area contributed by atoms with Gasteiger partial charge in [-0.05, 0) is 30.7 Å². The molecule has 5 nitrogen and oxygen atoms in total.